The summed E-state index contributed by atoms with van der Waals surface area (Å²) in [5.41, 5.74) is 0. The van der Waals surface area contributed by atoms with Gasteiger partial charge in [-0.25, -0.2) is 0 Å². The van der Waals surface area contributed by atoms with Gasteiger partial charge in [0.05, 0.1) is 11.4 Å². The third kappa shape index (κ3) is 3.60. The zero-order chi connectivity index (χ0) is 15.5. The zero-order valence-electron chi connectivity index (χ0n) is 11.7. The number of hydrogen-bond donors (Lipinski definition) is 3. The lowest BCUT2D eigenvalue weighted by atomic mass is 10.4. The second-order valence-corrected chi connectivity index (χ2v) is 6.37. The summed E-state index contributed by atoms with van der Waals surface area (Å²) < 4.78 is 2.00. The summed E-state index contributed by atoms with van der Waals surface area (Å²) in [5.74, 6) is 0.184. The van der Waals surface area contributed by atoms with Crippen molar-refractivity contribution in [3.8, 4) is 10.7 Å². The van der Waals surface area contributed by atoms with Crippen LogP contribution in [0.25, 0.3) is 10.7 Å². The standard InChI is InChI=1S/C13H15N5O2S2/c19-10(15-8-3-4-8)6-14-11(20)7-18-12(16-17-13(18)21)9-2-1-5-22-9/h1-2,5,8H,3-4,6-7H2,(H,14,20)(H,15,19)(H,17,21). The van der Waals surface area contributed by atoms with Gasteiger partial charge in [-0.15, -0.1) is 11.3 Å². The minimum atomic E-state index is -0.277. The number of nitrogens with zero attached hydrogens (tertiary/aromatic N) is 2. The van der Waals surface area contributed by atoms with Crippen LogP contribution in [0.3, 0.4) is 0 Å². The topological polar surface area (TPSA) is 91.8 Å². The van der Waals surface area contributed by atoms with Gasteiger partial charge in [0.15, 0.2) is 10.6 Å². The second-order valence-electron chi connectivity index (χ2n) is 5.03. The molecule has 0 spiro atoms. The van der Waals surface area contributed by atoms with Crippen molar-refractivity contribution in [2.45, 2.75) is 25.4 Å². The Hall–Kier alpha value is -2.00. The lowest BCUT2D eigenvalue weighted by Crippen LogP contribution is -2.39. The molecule has 116 valence electrons. The van der Waals surface area contributed by atoms with Gasteiger partial charge in [0.1, 0.15) is 6.54 Å². The summed E-state index contributed by atoms with van der Waals surface area (Å²) in [5, 5.41) is 14.2. The van der Waals surface area contributed by atoms with Crippen LogP contribution < -0.4 is 10.6 Å². The van der Waals surface area contributed by atoms with Crippen LogP contribution in [0.1, 0.15) is 12.8 Å². The van der Waals surface area contributed by atoms with E-state index in [0.717, 1.165) is 17.7 Å². The van der Waals surface area contributed by atoms with Crippen molar-refractivity contribution in [3.05, 3.63) is 22.3 Å². The van der Waals surface area contributed by atoms with E-state index in [1.807, 2.05) is 17.5 Å². The molecule has 2 heterocycles. The minimum Gasteiger partial charge on any atom is -0.352 e. The first kappa shape index (κ1) is 14.9. The van der Waals surface area contributed by atoms with Gasteiger partial charge in [-0.3, -0.25) is 19.3 Å². The molecule has 0 radical (unpaired) electrons. The van der Waals surface area contributed by atoms with E-state index in [0.29, 0.717) is 10.6 Å². The van der Waals surface area contributed by atoms with Gasteiger partial charge in [-0.05, 0) is 36.5 Å². The largest absolute Gasteiger partial charge is 0.352 e. The summed E-state index contributed by atoms with van der Waals surface area (Å²) in [6.45, 7) is 0.00805. The molecule has 1 fully saturated rings. The predicted molar refractivity (Wildman–Crippen MR) is 84.9 cm³/mol. The Morgan fingerprint density at radius 3 is 2.95 bits per heavy atom. The third-order valence-corrected chi connectivity index (χ3v) is 4.37. The molecule has 3 rings (SSSR count). The van der Waals surface area contributed by atoms with Gasteiger partial charge in [0.25, 0.3) is 0 Å². The monoisotopic (exact) mass is 337 g/mol. The number of aromatic nitrogens is 3. The molecule has 2 amide bonds. The van der Waals surface area contributed by atoms with E-state index in [9.17, 15) is 9.59 Å². The van der Waals surface area contributed by atoms with Crippen LogP contribution in [0.15, 0.2) is 17.5 Å². The van der Waals surface area contributed by atoms with E-state index in [2.05, 4.69) is 20.8 Å². The highest BCUT2D eigenvalue weighted by Crippen LogP contribution is 2.22. The fourth-order valence-electron chi connectivity index (χ4n) is 1.94. The number of aromatic amines is 1. The molecule has 0 unspecified atom stereocenters. The van der Waals surface area contributed by atoms with Crippen molar-refractivity contribution < 1.29 is 9.59 Å². The quantitative estimate of drug-likeness (QED) is 0.688. The number of thiophene rings is 1. The maximum Gasteiger partial charge on any atom is 0.240 e. The Bertz CT molecular complexity index is 730. The van der Waals surface area contributed by atoms with Crippen LogP contribution in [0.5, 0.6) is 0 Å². The normalized spacial score (nSPS) is 13.8. The number of amides is 2. The van der Waals surface area contributed by atoms with Crippen LogP contribution >= 0.6 is 23.6 Å². The van der Waals surface area contributed by atoms with E-state index < -0.39 is 0 Å². The van der Waals surface area contributed by atoms with Crippen molar-refractivity contribution in [1.82, 2.24) is 25.4 Å². The summed E-state index contributed by atoms with van der Waals surface area (Å²) >= 11 is 6.67. The van der Waals surface area contributed by atoms with Gasteiger partial charge in [-0.1, -0.05) is 6.07 Å². The predicted octanol–water partition coefficient (Wildman–Crippen LogP) is 1.06. The van der Waals surface area contributed by atoms with Crippen LogP contribution in [0, 0.1) is 4.77 Å². The van der Waals surface area contributed by atoms with Gasteiger partial charge in [0.2, 0.25) is 11.8 Å². The lowest BCUT2D eigenvalue weighted by molar-refractivity contribution is -0.126. The van der Waals surface area contributed by atoms with E-state index in [-0.39, 0.29) is 30.9 Å². The van der Waals surface area contributed by atoms with Crippen LogP contribution in [0.2, 0.25) is 0 Å². The molecule has 3 N–H and O–H groups in total. The third-order valence-electron chi connectivity index (χ3n) is 3.19. The number of H-pyrrole nitrogens is 1. The Morgan fingerprint density at radius 1 is 1.45 bits per heavy atom. The number of hydrogen-bond acceptors (Lipinski definition) is 5. The smallest absolute Gasteiger partial charge is 0.240 e. The van der Waals surface area contributed by atoms with Crippen LogP contribution in [-0.4, -0.2) is 39.2 Å². The summed E-state index contributed by atoms with van der Waals surface area (Å²) in [7, 11) is 0. The van der Waals surface area contributed by atoms with Crippen molar-refractivity contribution in [2.75, 3.05) is 6.54 Å². The second kappa shape index (κ2) is 6.41. The molecule has 1 aliphatic rings. The molecule has 2 aromatic rings. The van der Waals surface area contributed by atoms with E-state index in [1.165, 1.54) is 11.3 Å². The highest BCUT2D eigenvalue weighted by Gasteiger charge is 2.23. The molecule has 0 aromatic carbocycles. The van der Waals surface area contributed by atoms with E-state index >= 15 is 0 Å². The first-order chi connectivity index (χ1) is 10.6. The van der Waals surface area contributed by atoms with Gasteiger partial charge >= 0.3 is 0 Å². The fourth-order valence-corrected chi connectivity index (χ4v) is 2.86. The molecule has 9 heteroatoms. The number of carbonyl (C=O) groups is 2. The number of rotatable bonds is 6. The van der Waals surface area contributed by atoms with Crippen LogP contribution in [0.4, 0.5) is 0 Å². The van der Waals surface area contributed by atoms with E-state index in [1.54, 1.807) is 4.57 Å². The Morgan fingerprint density at radius 2 is 2.27 bits per heavy atom. The average molecular weight is 337 g/mol. The SMILES string of the molecule is O=C(Cn1c(-c2cccs2)n[nH]c1=S)NCC(=O)NC1CC1. The van der Waals surface area contributed by atoms with Crippen LogP contribution in [-0.2, 0) is 16.1 Å². The van der Waals surface area contributed by atoms with Gasteiger partial charge < -0.3 is 10.6 Å². The van der Waals surface area contributed by atoms with Gasteiger partial charge in [-0.2, -0.15) is 5.10 Å². The summed E-state index contributed by atoms with van der Waals surface area (Å²) in [6.07, 6.45) is 2.04. The molecule has 0 bridgehead atoms. The molecule has 1 saturated carbocycles. The molecule has 22 heavy (non-hydrogen) atoms. The summed E-state index contributed by atoms with van der Waals surface area (Å²) in [6, 6.07) is 4.11. The Balaban J connectivity index is 1.60. The van der Waals surface area contributed by atoms with Crippen molar-refractivity contribution in [2.24, 2.45) is 0 Å². The molecular formula is C13H15N5O2S2. The molecule has 0 saturated heterocycles. The highest BCUT2D eigenvalue weighted by atomic mass is 32.1. The van der Waals surface area contributed by atoms with Crippen molar-refractivity contribution >= 4 is 35.4 Å². The number of carbonyl (C=O) groups excluding carboxylic acids is 2. The first-order valence-corrected chi connectivity index (χ1v) is 8.17. The molecule has 7 nitrogen and oxygen atoms in total. The first-order valence-electron chi connectivity index (χ1n) is 6.88. The average Bonchev–Trinajstić information content (AvgIpc) is 2.99. The number of nitrogens with one attached hydrogen (secondary N) is 3. The summed E-state index contributed by atoms with van der Waals surface area (Å²) in [4.78, 5) is 24.5. The molecule has 2 aromatic heterocycles. The van der Waals surface area contributed by atoms with Gasteiger partial charge in [0, 0.05) is 6.04 Å². The molecule has 0 aliphatic heterocycles. The van der Waals surface area contributed by atoms with E-state index in [4.69, 9.17) is 12.2 Å². The Kier molecular flexibility index (Phi) is 4.34. The minimum absolute atomic E-state index is 0.0190. The zero-order valence-corrected chi connectivity index (χ0v) is 13.3. The lowest BCUT2D eigenvalue weighted by Gasteiger charge is -2.07. The van der Waals surface area contributed by atoms with Crippen molar-refractivity contribution in [3.63, 3.8) is 0 Å². The highest BCUT2D eigenvalue weighted by molar-refractivity contribution is 7.71. The maximum atomic E-state index is 12.0. The Labute approximate surface area is 135 Å². The molecular weight excluding hydrogens is 322 g/mol. The molecule has 1 aliphatic carbocycles. The molecule has 0 atom stereocenters. The fraction of sp³-hybridized carbons (Fsp3) is 0.385. The van der Waals surface area contributed by atoms with Crippen molar-refractivity contribution in [1.29, 1.82) is 0 Å². The maximum absolute atomic E-state index is 12.0.